The maximum Gasteiger partial charge on any atom is 0.166 e. The van der Waals surface area contributed by atoms with E-state index >= 15 is 0 Å². The lowest BCUT2D eigenvalue weighted by Crippen LogP contribution is -2.09. The summed E-state index contributed by atoms with van der Waals surface area (Å²) in [6, 6.07) is 3.61. The highest BCUT2D eigenvalue weighted by molar-refractivity contribution is 5.72. The monoisotopic (exact) mass is 358 g/mol. The van der Waals surface area contributed by atoms with E-state index in [1.54, 1.807) is 12.1 Å². The van der Waals surface area contributed by atoms with E-state index in [1.807, 2.05) is 0 Å². The molecule has 142 valence electrons. The zero-order chi connectivity index (χ0) is 18.5. The number of benzene rings is 1. The Labute approximate surface area is 157 Å². The van der Waals surface area contributed by atoms with E-state index in [4.69, 9.17) is 0 Å². The van der Waals surface area contributed by atoms with Crippen molar-refractivity contribution < 1.29 is 8.78 Å². The van der Waals surface area contributed by atoms with E-state index in [1.165, 1.54) is 25.7 Å². The molecule has 2 unspecified atom stereocenters. The van der Waals surface area contributed by atoms with Crippen molar-refractivity contribution in [3.8, 4) is 0 Å². The first kappa shape index (κ1) is 19.3. The molecule has 0 heterocycles. The fourth-order valence-electron chi connectivity index (χ4n) is 4.65. The van der Waals surface area contributed by atoms with Gasteiger partial charge in [-0.15, -0.1) is 0 Å². The van der Waals surface area contributed by atoms with Crippen LogP contribution in [0.5, 0.6) is 0 Å². The van der Waals surface area contributed by atoms with Gasteiger partial charge in [0.15, 0.2) is 11.6 Å². The van der Waals surface area contributed by atoms with Gasteiger partial charge in [-0.3, -0.25) is 0 Å². The molecular formula is C24H32F2. The van der Waals surface area contributed by atoms with Crippen LogP contribution in [0.3, 0.4) is 0 Å². The Bertz CT molecular complexity index is 625. The summed E-state index contributed by atoms with van der Waals surface area (Å²) < 4.78 is 29.6. The number of hydrogen-bond acceptors (Lipinski definition) is 0. The molecular weight excluding hydrogens is 326 g/mol. The third-order valence-corrected chi connectivity index (χ3v) is 6.21. The number of rotatable bonds is 6. The average molecular weight is 359 g/mol. The Hall–Kier alpha value is -1.44. The highest BCUT2D eigenvalue weighted by atomic mass is 19.2. The van der Waals surface area contributed by atoms with Crippen molar-refractivity contribution in [2.75, 3.05) is 0 Å². The first-order valence-corrected chi connectivity index (χ1v) is 10.5. The lowest BCUT2D eigenvalue weighted by molar-refractivity contribution is 0.442. The van der Waals surface area contributed by atoms with E-state index in [2.05, 4.69) is 26.0 Å². The largest absolute Gasteiger partial charge is 0.203 e. The van der Waals surface area contributed by atoms with Gasteiger partial charge >= 0.3 is 0 Å². The minimum absolute atomic E-state index is 0.474. The van der Waals surface area contributed by atoms with E-state index in [0.29, 0.717) is 23.0 Å². The number of halogens is 2. The van der Waals surface area contributed by atoms with Crippen LogP contribution >= 0.6 is 0 Å². The summed E-state index contributed by atoms with van der Waals surface area (Å²) in [6.45, 7) is 4.41. The van der Waals surface area contributed by atoms with Gasteiger partial charge in [0.1, 0.15) is 0 Å². The molecule has 1 aromatic rings. The van der Waals surface area contributed by atoms with E-state index in [0.717, 1.165) is 49.7 Å². The molecule has 26 heavy (non-hydrogen) atoms. The van der Waals surface area contributed by atoms with Crippen LogP contribution in [0.15, 0.2) is 24.3 Å². The smallest absolute Gasteiger partial charge is 0.166 e. The maximum atomic E-state index is 14.8. The Morgan fingerprint density at radius 1 is 0.769 bits per heavy atom. The summed E-state index contributed by atoms with van der Waals surface area (Å²) in [4.78, 5) is 0. The SMILES string of the molecule is CCCC1CC=C(c2ccc(C3=CCC(CCC)CC3)c(F)c2F)CC1. The molecule has 1 aromatic carbocycles. The van der Waals surface area contributed by atoms with Crippen molar-refractivity contribution in [3.63, 3.8) is 0 Å². The maximum absolute atomic E-state index is 14.8. The van der Waals surface area contributed by atoms with Crippen molar-refractivity contribution in [2.24, 2.45) is 11.8 Å². The normalized spacial score (nSPS) is 23.5. The van der Waals surface area contributed by atoms with Crippen LogP contribution in [0.2, 0.25) is 0 Å². The third kappa shape index (κ3) is 4.27. The van der Waals surface area contributed by atoms with Crippen LogP contribution in [-0.2, 0) is 0 Å². The molecule has 0 amide bonds. The molecule has 2 aliphatic rings. The number of allylic oxidation sites excluding steroid dienone is 4. The van der Waals surface area contributed by atoms with E-state index in [9.17, 15) is 8.78 Å². The summed E-state index contributed by atoms with van der Waals surface area (Å²) in [6.07, 6.45) is 15.0. The summed E-state index contributed by atoms with van der Waals surface area (Å²) in [5, 5.41) is 0. The van der Waals surface area contributed by atoms with Crippen LogP contribution in [0.1, 0.15) is 89.2 Å². The first-order valence-electron chi connectivity index (χ1n) is 10.5. The second kappa shape index (κ2) is 8.97. The fraction of sp³-hybridized carbons (Fsp3) is 0.583. The lowest BCUT2D eigenvalue weighted by Gasteiger charge is -2.24. The number of hydrogen-bond donors (Lipinski definition) is 0. The molecule has 0 saturated heterocycles. The van der Waals surface area contributed by atoms with Crippen molar-refractivity contribution in [1.29, 1.82) is 0 Å². The Balaban J connectivity index is 1.77. The second-order valence-electron chi connectivity index (χ2n) is 8.11. The van der Waals surface area contributed by atoms with Gasteiger partial charge in [0.05, 0.1) is 0 Å². The molecule has 0 spiro atoms. The van der Waals surface area contributed by atoms with Gasteiger partial charge in [-0.25, -0.2) is 8.78 Å². The molecule has 0 aliphatic heterocycles. The fourth-order valence-corrected chi connectivity index (χ4v) is 4.65. The third-order valence-electron chi connectivity index (χ3n) is 6.21. The zero-order valence-corrected chi connectivity index (χ0v) is 16.3. The standard InChI is InChI=1S/C24H32F2/c1-3-5-17-7-11-19(12-8-17)21-15-16-22(24(26)23(21)25)20-13-9-18(6-4-2)10-14-20/h11,13,15-18H,3-10,12,14H2,1-2H3. The van der Waals surface area contributed by atoms with Crippen molar-refractivity contribution >= 4 is 11.1 Å². The van der Waals surface area contributed by atoms with Crippen molar-refractivity contribution in [3.05, 3.63) is 47.0 Å². The quantitative estimate of drug-likeness (QED) is 0.484. The van der Waals surface area contributed by atoms with E-state index in [-0.39, 0.29) is 0 Å². The van der Waals surface area contributed by atoms with Crippen LogP contribution in [0, 0.1) is 23.5 Å². The molecule has 0 radical (unpaired) electrons. The van der Waals surface area contributed by atoms with Crippen LogP contribution < -0.4 is 0 Å². The summed E-state index contributed by atoms with van der Waals surface area (Å²) >= 11 is 0. The molecule has 2 aliphatic carbocycles. The molecule has 0 aromatic heterocycles. The van der Waals surface area contributed by atoms with Gasteiger partial charge in [0.25, 0.3) is 0 Å². The predicted octanol–water partition coefficient (Wildman–Crippen LogP) is 7.93. The summed E-state index contributed by atoms with van der Waals surface area (Å²) in [5.74, 6) is 0.109. The van der Waals surface area contributed by atoms with Gasteiger partial charge in [0, 0.05) is 11.1 Å². The summed E-state index contributed by atoms with van der Waals surface area (Å²) in [7, 11) is 0. The Kier molecular flexibility index (Phi) is 6.67. The van der Waals surface area contributed by atoms with Gasteiger partial charge in [-0.05, 0) is 61.5 Å². The Morgan fingerprint density at radius 3 is 1.50 bits per heavy atom. The molecule has 3 rings (SSSR count). The minimum atomic E-state index is -0.653. The highest BCUT2D eigenvalue weighted by Crippen LogP contribution is 2.38. The van der Waals surface area contributed by atoms with Crippen LogP contribution in [0.25, 0.3) is 11.1 Å². The molecule has 2 atom stereocenters. The molecule has 0 saturated carbocycles. The molecule has 0 fully saturated rings. The highest BCUT2D eigenvalue weighted by Gasteiger charge is 2.23. The van der Waals surface area contributed by atoms with Crippen molar-refractivity contribution in [1.82, 2.24) is 0 Å². The average Bonchev–Trinajstić information content (AvgIpc) is 2.66. The topological polar surface area (TPSA) is 0 Å². The Morgan fingerprint density at radius 2 is 1.19 bits per heavy atom. The van der Waals surface area contributed by atoms with Gasteiger partial charge in [-0.1, -0.05) is 63.8 Å². The summed E-state index contributed by atoms with van der Waals surface area (Å²) in [5.41, 5.74) is 2.92. The predicted molar refractivity (Wildman–Crippen MR) is 107 cm³/mol. The van der Waals surface area contributed by atoms with Gasteiger partial charge in [0.2, 0.25) is 0 Å². The first-order chi connectivity index (χ1) is 12.6. The molecule has 2 heteroatoms. The molecule has 0 bridgehead atoms. The molecule has 0 nitrogen and oxygen atoms in total. The van der Waals surface area contributed by atoms with Crippen LogP contribution in [0.4, 0.5) is 8.78 Å². The van der Waals surface area contributed by atoms with Gasteiger partial charge in [-0.2, -0.15) is 0 Å². The molecule has 0 N–H and O–H groups in total. The lowest BCUT2D eigenvalue weighted by atomic mass is 9.82. The van der Waals surface area contributed by atoms with Crippen LogP contribution in [-0.4, -0.2) is 0 Å². The second-order valence-corrected chi connectivity index (χ2v) is 8.11. The minimum Gasteiger partial charge on any atom is -0.203 e. The zero-order valence-electron chi connectivity index (χ0n) is 16.3. The van der Waals surface area contributed by atoms with Gasteiger partial charge < -0.3 is 0 Å². The van der Waals surface area contributed by atoms with Crippen molar-refractivity contribution in [2.45, 2.75) is 78.1 Å². The van der Waals surface area contributed by atoms with E-state index < -0.39 is 11.6 Å².